The van der Waals surface area contributed by atoms with Gasteiger partial charge in [0.05, 0.1) is 0 Å². The molecule has 4 nitrogen and oxygen atoms in total. The quantitative estimate of drug-likeness (QED) is 0.767. The third-order valence-electron chi connectivity index (χ3n) is 3.70. The second-order valence-corrected chi connectivity index (χ2v) is 5.03. The van der Waals surface area contributed by atoms with E-state index in [1.165, 1.54) is 0 Å². The molecular formula is C16H26N2O2. The predicted molar refractivity (Wildman–Crippen MR) is 81.5 cm³/mol. The lowest BCUT2D eigenvalue weighted by molar-refractivity contribution is -0.124. The number of amides is 1. The second kappa shape index (κ2) is 8.59. The summed E-state index contributed by atoms with van der Waals surface area (Å²) in [5.41, 5.74) is 6.54. The first kappa shape index (κ1) is 16.5. The van der Waals surface area contributed by atoms with Gasteiger partial charge in [-0.25, -0.2) is 0 Å². The van der Waals surface area contributed by atoms with Gasteiger partial charge in [0.1, 0.15) is 5.75 Å². The molecule has 0 saturated heterocycles. The molecule has 0 bridgehead atoms. The van der Waals surface area contributed by atoms with Gasteiger partial charge in [-0.2, -0.15) is 0 Å². The Labute approximate surface area is 121 Å². The van der Waals surface area contributed by atoms with E-state index in [0.29, 0.717) is 18.2 Å². The summed E-state index contributed by atoms with van der Waals surface area (Å²) < 4.78 is 5.55. The molecule has 4 heteroatoms. The highest BCUT2D eigenvalue weighted by molar-refractivity contribution is 5.77. The minimum Gasteiger partial charge on any atom is -0.483 e. The zero-order valence-corrected chi connectivity index (χ0v) is 12.7. The van der Waals surface area contributed by atoms with Crippen molar-refractivity contribution >= 4 is 5.91 Å². The summed E-state index contributed by atoms with van der Waals surface area (Å²) in [4.78, 5) is 11.9. The van der Waals surface area contributed by atoms with Gasteiger partial charge >= 0.3 is 0 Å². The van der Waals surface area contributed by atoms with Crippen molar-refractivity contribution in [2.24, 2.45) is 11.7 Å². The van der Waals surface area contributed by atoms with Crippen molar-refractivity contribution < 1.29 is 9.53 Å². The molecule has 3 N–H and O–H groups in total. The molecule has 112 valence electrons. The number of carbonyl (C=O) groups is 1. The molecule has 0 radical (unpaired) electrons. The molecule has 20 heavy (non-hydrogen) atoms. The Morgan fingerprint density at radius 3 is 2.55 bits per heavy atom. The Balaban J connectivity index is 2.47. The summed E-state index contributed by atoms with van der Waals surface area (Å²) in [6.07, 6.45) is 2.13. The molecule has 0 heterocycles. The fraction of sp³-hybridized carbons (Fsp3) is 0.562. The second-order valence-electron chi connectivity index (χ2n) is 5.03. The van der Waals surface area contributed by atoms with Gasteiger partial charge < -0.3 is 15.8 Å². The van der Waals surface area contributed by atoms with Crippen LogP contribution in [0.3, 0.4) is 0 Å². The minimum atomic E-state index is -0.0868. The van der Waals surface area contributed by atoms with Gasteiger partial charge in [-0.1, -0.05) is 44.9 Å². The zero-order chi connectivity index (χ0) is 15.0. The molecule has 0 aliphatic carbocycles. The van der Waals surface area contributed by atoms with Gasteiger partial charge in [0.15, 0.2) is 6.61 Å². The molecule has 1 aromatic carbocycles. The SMILES string of the molecule is CCC(CC)C(C)NC(=O)COc1ccccc1CN. The van der Waals surface area contributed by atoms with E-state index >= 15 is 0 Å². The normalized spacial score (nSPS) is 12.2. The van der Waals surface area contributed by atoms with Gasteiger partial charge in [-0.3, -0.25) is 4.79 Å². The highest BCUT2D eigenvalue weighted by Crippen LogP contribution is 2.17. The fourth-order valence-corrected chi connectivity index (χ4v) is 2.37. The summed E-state index contributed by atoms with van der Waals surface area (Å²) in [7, 11) is 0. The summed E-state index contributed by atoms with van der Waals surface area (Å²) >= 11 is 0. The highest BCUT2D eigenvalue weighted by atomic mass is 16.5. The van der Waals surface area contributed by atoms with E-state index < -0.39 is 0 Å². The van der Waals surface area contributed by atoms with Crippen LogP contribution in [-0.4, -0.2) is 18.6 Å². The molecule has 0 saturated carbocycles. The smallest absolute Gasteiger partial charge is 0.258 e. The maximum absolute atomic E-state index is 11.9. The molecule has 0 fully saturated rings. The Kier molecular flexibility index (Phi) is 7.09. The van der Waals surface area contributed by atoms with E-state index in [1.54, 1.807) is 0 Å². The van der Waals surface area contributed by atoms with Gasteiger partial charge in [0.2, 0.25) is 0 Å². The monoisotopic (exact) mass is 278 g/mol. The summed E-state index contributed by atoms with van der Waals surface area (Å²) in [6, 6.07) is 7.69. The van der Waals surface area contributed by atoms with Crippen LogP contribution in [0.4, 0.5) is 0 Å². The average Bonchev–Trinajstić information content (AvgIpc) is 2.46. The van der Waals surface area contributed by atoms with E-state index in [1.807, 2.05) is 31.2 Å². The van der Waals surface area contributed by atoms with Crippen LogP contribution in [0, 0.1) is 5.92 Å². The maximum atomic E-state index is 11.9. The first-order valence-corrected chi connectivity index (χ1v) is 7.32. The van der Waals surface area contributed by atoms with Crippen molar-refractivity contribution in [2.75, 3.05) is 6.61 Å². The Morgan fingerprint density at radius 2 is 1.95 bits per heavy atom. The van der Waals surface area contributed by atoms with Crippen molar-refractivity contribution in [1.82, 2.24) is 5.32 Å². The van der Waals surface area contributed by atoms with E-state index in [9.17, 15) is 4.79 Å². The largest absolute Gasteiger partial charge is 0.483 e. The number of hydrogen-bond acceptors (Lipinski definition) is 3. The molecule has 1 amide bonds. The number of benzene rings is 1. The van der Waals surface area contributed by atoms with Crippen molar-refractivity contribution in [1.29, 1.82) is 0 Å². The minimum absolute atomic E-state index is 0.0293. The summed E-state index contributed by atoms with van der Waals surface area (Å²) in [6.45, 7) is 6.77. The van der Waals surface area contributed by atoms with Gasteiger partial charge in [0.25, 0.3) is 5.91 Å². The molecule has 1 aromatic rings. The first-order chi connectivity index (χ1) is 9.62. The van der Waals surface area contributed by atoms with Crippen molar-refractivity contribution in [3.05, 3.63) is 29.8 Å². The summed E-state index contributed by atoms with van der Waals surface area (Å²) in [5.74, 6) is 1.10. The number of hydrogen-bond donors (Lipinski definition) is 2. The van der Waals surface area contributed by atoms with E-state index in [0.717, 1.165) is 18.4 Å². The highest BCUT2D eigenvalue weighted by Gasteiger charge is 2.16. The molecule has 0 aliphatic heterocycles. The fourth-order valence-electron chi connectivity index (χ4n) is 2.37. The van der Waals surface area contributed by atoms with E-state index in [-0.39, 0.29) is 18.6 Å². The van der Waals surface area contributed by atoms with Gasteiger partial charge in [-0.15, -0.1) is 0 Å². The van der Waals surface area contributed by atoms with E-state index in [4.69, 9.17) is 10.5 Å². The molecule has 1 unspecified atom stereocenters. The van der Waals surface area contributed by atoms with E-state index in [2.05, 4.69) is 19.2 Å². The van der Waals surface area contributed by atoms with Gasteiger partial charge in [-0.05, 0) is 18.9 Å². The lowest BCUT2D eigenvalue weighted by Crippen LogP contribution is -2.40. The third-order valence-corrected chi connectivity index (χ3v) is 3.70. The topological polar surface area (TPSA) is 64.3 Å². The Hall–Kier alpha value is -1.55. The van der Waals surface area contributed by atoms with Crippen LogP contribution >= 0.6 is 0 Å². The van der Waals surface area contributed by atoms with Crippen molar-refractivity contribution in [3.8, 4) is 5.75 Å². The van der Waals surface area contributed by atoms with Crippen molar-refractivity contribution in [2.45, 2.75) is 46.2 Å². The van der Waals surface area contributed by atoms with Crippen LogP contribution in [-0.2, 0) is 11.3 Å². The molecule has 1 rings (SSSR count). The number of carbonyl (C=O) groups excluding carboxylic acids is 1. The van der Waals surface area contributed by atoms with Crippen LogP contribution in [0.5, 0.6) is 5.75 Å². The molecular weight excluding hydrogens is 252 g/mol. The summed E-state index contributed by atoms with van der Waals surface area (Å²) in [5, 5.41) is 2.99. The Morgan fingerprint density at radius 1 is 1.30 bits per heavy atom. The maximum Gasteiger partial charge on any atom is 0.258 e. The van der Waals surface area contributed by atoms with Crippen LogP contribution in [0.1, 0.15) is 39.2 Å². The van der Waals surface area contributed by atoms with Crippen molar-refractivity contribution in [3.63, 3.8) is 0 Å². The zero-order valence-electron chi connectivity index (χ0n) is 12.7. The number of rotatable bonds is 8. The Bertz CT molecular complexity index is 417. The van der Waals surface area contributed by atoms with Gasteiger partial charge in [0, 0.05) is 18.2 Å². The number of nitrogens with two attached hydrogens (primary N) is 1. The van der Waals surface area contributed by atoms with Crippen LogP contribution < -0.4 is 15.8 Å². The van der Waals surface area contributed by atoms with Crippen LogP contribution in [0.15, 0.2) is 24.3 Å². The lowest BCUT2D eigenvalue weighted by Gasteiger charge is -2.22. The number of nitrogens with one attached hydrogen (secondary N) is 1. The standard InChI is InChI=1S/C16H26N2O2/c1-4-13(5-2)12(3)18-16(19)11-20-15-9-7-6-8-14(15)10-17/h6-9,12-13H,4-5,10-11,17H2,1-3H3,(H,18,19). The molecule has 1 atom stereocenters. The van der Waals surface area contributed by atoms with Crippen LogP contribution in [0.2, 0.25) is 0 Å². The predicted octanol–water partition coefficient (Wildman–Crippen LogP) is 2.46. The molecule has 0 aromatic heterocycles. The lowest BCUT2D eigenvalue weighted by atomic mass is 9.95. The average molecular weight is 278 g/mol. The third kappa shape index (κ3) is 4.85. The first-order valence-electron chi connectivity index (χ1n) is 7.32. The number of para-hydroxylation sites is 1. The molecule has 0 aliphatic rings. The molecule has 0 spiro atoms. The number of ether oxygens (including phenoxy) is 1. The van der Waals surface area contributed by atoms with Crippen LogP contribution in [0.25, 0.3) is 0 Å².